The minimum absolute atomic E-state index is 0.472. The quantitative estimate of drug-likeness (QED) is 0.649. The van der Waals surface area contributed by atoms with Crippen molar-refractivity contribution in [3.05, 3.63) is 41.5 Å². The Morgan fingerprint density at radius 1 is 1.21 bits per heavy atom. The topological polar surface area (TPSA) is 0 Å². The summed E-state index contributed by atoms with van der Waals surface area (Å²) >= 11 is 0. The lowest BCUT2D eigenvalue weighted by molar-refractivity contribution is 0.390. The average Bonchev–Trinajstić information content (AvgIpc) is 2.15. The molecule has 2 rings (SSSR count). The summed E-state index contributed by atoms with van der Waals surface area (Å²) in [6.45, 7) is 6.74. The van der Waals surface area contributed by atoms with Crippen LogP contribution in [-0.4, -0.2) is 0 Å². The van der Waals surface area contributed by atoms with E-state index in [9.17, 15) is 0 Å². The van der Waals surface area contributed by atoms with Gasteiger partial charge in [0.1, 0.15) is 0 Å². The smallest absolute Gasteiger partial charge is 0.0103 e. The third-order valence-electron chi connectivity index (χ3n) is 3.35. The van der Waals surface area contributed by atoms with E-state index < -0.39 is 0 Å². The highest BCUT2D eigenvalue weighted by molar-refractivity contribution is 5.72. The van der Waals surface area contributed by atoms with Crippen LogP contribution in [0.4, 0.5) is 0 Å². The molecule has 0 spiro atoms. The lowest BCUT2D eigenvalue weighted by Gasteiger charge is -2.36. The highest BCUT2D eigenvalue weighted by Crippen LogP contribution is 2.45. The van der Waals surface area contributed by atoms with E-state index in [2.05, 4.69) is 51.1 Å². The molecule has 0 bridgehead atoms. The molecule has 1 aliphatic rings. The zero-order chi connectivity index (χ0) is 10.2. The van der Waals surface area contributed by atoms with Crippen LogP contribution in [0.3, 0.4) is 0 Å². The molecule has 0 nitrogen and oxygen atoms in total. The van der Waals surface area contributed by atoms with Crippen LogP contribution in [0.15, 0.2) is 30.3 Å². The van der Waals surface area contributed by atoms with E-state index >= 15 is 0 Å². The summed E-state index contributed by atoms with van der Waals surface area (Å²) in [7, 11) is 0. The summed E-state index contributed by atoms with van der Waals surface area (Å²) in [5, 5.41) is 0. The van der Waals surface area contributed by atoms with Crippen LogP contribution in [0.1, 0.15) is 37.8 Å². The molecule has 1 atom stereocenters. The van der Waals surface area contributed by atoms with Gasteiger partial charge in [-0.1, -0.05) is 49.8 Å². The largest absolute Gasteiger partial charge is 0.0744 e. The summed E-state index contributed by atoms with van der Waals surface area (Å²) in [5.41, 5.74) is 4.74. The van der Waals surface area contributed by atoms with E-state index in [1.54, 1.807) is 0 Å². The Balaban J connectivity index is 2.20. The monoisotopic (exact) mass is 186 g/mol. The first-order valence-corrected chi connectivity index (χ1v) is 5.42. The van der Waals surface area contributed by atoms with Gasteiger partial charge in [0.05, 0.1) is 0 Å². The number of hydrogen-bond donors (Lipinski definition) is 0. The second-order valence-corrected chi connectivity index (χ2v) is 4.72. The van der Waals surface area contributed by atoms with Crippen LogP contribution >= 0.6 is 0 Å². The minimum Gasteiger partial charge on any atom is -0.0744 e. The lowest BCUT2D eigenvalue weighted by Crippen LogP contribution is -2.21. The fraction of sp³-hybridized carbons (Fsp3) is 0.429. The SMILES string of the molecule is CC[C@]1(C)C=C(c2ccc(C)cc2)C1. The maximum Gasteiger partial charge on any atom is -0.0103 e. The van der Waals surface area contributed by atoms with Gasteiger partial charge < -0.3 is 0 Å². The Morgan fingerprint density at radius 2 is 1.79 bits per heavy atom. The molecule has 0 heterocycles. The number of allylic oxidation sites excluding steroid dienone is 2. The van der Waals surface area contributed by atoms with Crippen LogP contribution in [0.25, 0.3) is 5.57 Å². The Bertz CT molecular complexity index is 356. The first kappa shape index (κ1) is 9.51. The minimum atomic E-state index is 0.472. The average molecular weight is 186 g/mol. The molecule has 74 valence electrons. The van der Waals surface area contributed by atoms with Crippen LogP contribution in [0.5, 0.6) is 0 Å². The van der Waals surface area contributed by atoms with Gasteiger partial charge in [-0.25, -0.2) is 0 Å². The van der Waals surface area contributed by atoms with Gasteiger partial charge in [0, 0.05) is 0 Å². The zero-order valence-corrected chi connectivity index (χ0v) is 9.30. The summed E-state index contributed by atoms with van der Waals surface area (Å²) in [4.78, 5) is 0. The van der Waals surface area contributed by atoms with E-state index in [1.165, 1.54) is 29.5 Å². The molecule has 0 N–H and O–H groups in total. The van der Waals surface area contributed by atoms with Crippen LogP contribution < -0.4 is 0 Å². The molecule has 0 amide bonds. The molecule has 0 radical (unpaired) electrons. The fourth-order valence-electron chi connectivity index (χ4n) is 2.01. The van der Waals surface area contributed by atoms with Crippen molar-refractivity contribution in [3.63, 3.8) is 0 Å². The van der Waals surface area contributed by atoms with E-state index in [1.807, 2.05) is 0 Å². The highest BCUT2D eigenvalue weighted by atomic mass is 14.3. The Labute approximate surface area is 86.7 Å². The Kier molecular flexibility index (Phi) is 2.22. The van der Waals surface area contributed by atoms with E-state index in [-0.39, 0.29) is 0 Å². The van der Waals surface area contributed by atoms with Crippen molar-refractivity contribution >= 4 is 5.57 Å². The molecule has 1 aromatic rings. The summed E-state index contributed by atoms with van der Waals surface area (Å²) in [6, 6.07) is 8.85. The summed E-state index contributed by atoms with van der Waals surface area (Å²) in [5.74, 6) is 0. The first-order chi connectivity index (χ1) is 6.63. The van der Waals surface area contributed by atoms with Crippen molar-refractivity contribution in [1.82, 2.24) is 0 Å². The maximum absolute atomic E-state index is 2.43. The number of hydrogen-bond acceptors (Lipinski definition) is 0. The van der Waals surface area contributed by atoms with Gasteiger partial charge in [-0.2, -0.15) is 0 Å². The zero-order valence-electron chi connectivity index (χ0n) is 9.30. The van der Waals surface area contributed by atoms with E-state index in [4.69, 9.17) is 0 Å². The molecule has 14 heavy (non-hydrogen) atoms. The number of benzene rings is 1. The van der Waals surface area contributed by atoms with Gasteiger partial charge in [0.25, 0.3) is 0 Å². The molecular weight excluding hydrogens is 168 g/mol. The van der Waals surface area contributed by atoms with Gasteiger partial charge in [-0.15, -0.1) is 0 Å². The summed E-state index contributed by atoms with van der Waals surface area (Å²) < 4.78 is 0. The Morgan fingerprint density at radius 3 is 2.29 bits per heavy atom. The van der Waals surface area contributed by atoms with Gasteiger partial charge in [0.2, 0.25) is 0 Å². The number of aryl methyl sites for hydroxylation is 1. The predicted molar refractivity (Wildman–Crippen MR) is 62.2 cm³/mol. The highest BCUT2D eigenvalue weighted by Gasteiger charge is 2.30. The molecule has 0 heteroatoms. The van der Waals surface area contributed by atoms with Gasteiger partial charge in [-0.05, 0) is 36.3 Å². The van der Waals surface area contributed by atoms with Gasteiger partial charge in [-0.3, -0.25) is 0 Å². The third kappa shape index (κ3) is 1.61. The molecule has 0 aromatic heterocycles. The van der Waals surface area contributed by atoms with Crippen molar-refractivity contribution in [2.75, 3.05) is 0 Å². The van der Waals surface area contributed by atoms with Crippen molar-refractivity contribution < 1.29 is 0 Å². The Hall–Kier alpha value is -1.04. The first-order valence-electron chi connectivity index (χ1n) is 5.42. The fourth-order valence-corrected chi connectivity index (χ4v) is 2.01. The van der Waals surface area contributed by atoms with E-state index in [0.717, 1.165) is 0 Å². The van der Waals surface area contributed by atoms with Crippen molar-refractivity contribution in [2.45, 2.75) is 33.6 Å². The number of rotatable bonds is 2. The normalized spacial score (nSPS) is 25.5. The maximum atomic E-state index is 2.43. The second-order valence-electron chi connectivity index (χ2n) is 4.72. The standard InChI is InChI=1S/C14H18/c1-4-14(3)9-13(10-14)12-7-5-11(2)6-8-12/h5-9H,4,10H2,1-3H3/t14-/m1/s1. The summed E-state index contributed by atoms with van der Waals surface area (Å²) in [6.07, 6.45) is 4.92. The molecule has 0 unspecified atom stereocenters. The van der Waals surface area contributed by atoms with E-state index in [0.29, 0.717) is 5.41 Å². The van der Waals surface area contributed by atoms with Crippen LogP contribution in [0, 0.1) is 12.3 Å². The molecule has 0 saturated heterocycles. The molecule has 1 aliphatic carbocycles. The van der Waals surface area contributed by atoms with Crippen LogP contribution in [0.2, 0.25) is 0 Å². The van der Waals surface area contributed by atoms with Crippen LogP contribution in [-0.2, 0) is 0 Å². The lowest BCUT2D eigenvalue weighted by atomic mass is 9.69. The molecule has 0 aliphatic heterocycles. The molecule has 0 fully saturated rings. The molecule has 0 saturated carbocycles. The van der Waals surface area contributed by atoms with Gasteiger partial charge in [0.15, 0.2) is 0 Å². The van der Waals surface area contributed by atoms with Crippen molar-refractivity contribution in [3.8, 4) is 0 Å². The molecule has 1 aromatic carbocycles. The molecular formula is C14H18. The third-order valence-corrected chi connectivity index (χ3v) is 3.35. The van der Waals surface area contributed by atoms with Gasteiger partial charge >= 0.3 is 0 Å². The predicted octanol–water partition coefficient (Wildman–Crippen LogP) is 4.20. The second kappa shape index (κ2) is 3.27. The van der Waals surface area contributed by atoms with Crippen molar-refractivity contribution in [2.24, 2.45) is 5.41 Å². The van der Waals surface area contributed by atoms with Crippen molar-refractivity contribution in [1.29, 1.82) is 0 Å².